The molecular weight excluding hydrogens is 320 g/mol. The second-order valence-electron chi connectivity index (χ2n) is 5.68. The summed E-state index contributed by atoms with van der Waals surface area (Å²) in [5.74, 6) is -0.105. The van der Waals surface area contributed by atoms with Crippen LogP contribution in [0.1, 0.15) is 17.0 Å². The van der Waals surface area contributed by atoms with Crippen LogP contribution in [-0.4, -0.2) is 23.6 Å². The van der Waals surface area contributed by atoms with Crippen molar-refractivity contribution in [3.63, 3.8) is 0 Å². The Morgan fingerprint density at radius 2 is 1.96 bits per heavy atom. The van der Waals surface area contributed by atoms with Gasteiger partial charge < -0.3 is 14.6 Å². The Bertz CT molecular complexity index is 896. The summed E-state index contributed by atoms with van der Waals surface area (Å²) < 4.78 is 9.92. The first-order valence-corrected chi connectivity index (χ1v) is 7.93. The molecule has 0 aliphatic heterocycles. The first-order chi connectivity index (χ1) is 12.1. The van der Waals surface area contributed by atoms with Crippen LogP contribution in [0.25, 0.3) is 10.8 Å². The third kappa shape index (κ3) is 4.44. The average Bonchev–Trinajstić information content (AvgIpc) is 3.04. The maximum absolute atomic E-state index is 12.1. The molecule has 0 spiro atoms. The van der Waals surface area contributed by atoms with Crippen molar-refractivity contribution in [1.29, 1.82) is 0 Å². The molecule has 0 aliphatic rings. The lowest BCUT2D eigenvalue weighted by Gasteiger charge is -2.08. The molecule has 0 bridgehead atoms. The first-order valence-electron chi connectivity index (χ1n) is 7.93. The van der Waals surface area contributed by atoms with Crippen molar-refractivity contribution in [2.45, 2.75) is 20.0 Å². The van der Waals surface area contributed by atoms with Crippen LogP contribution in [0.5, 0.6) is 0 Å². The number of ether oxygens (including phenoxy) is 1. The summed E-state index contributed by atoms with van der Waals surface area (Å²) in [6, 6.07) is 15.4. The molecule has 6 heteroatoms. The Morgan fingerprint density at radius 3 is 2.76 bits per heavy atom. The summed E-state index contributed by atoms with van der Waals surface area (Å²) in [6.07, 6.45) is 0.205. The van der Waals surface area contributed by atoms with Gasteiger partial charge in [0, 0.05) is 6.07 Å². The van der Waals surface area contributed by atoms with Gasteiger partial charge in [0.1, 0.15) is 24.6 Å². The molecular formula is C19H18N2O4. The van der Waals surface area contributed by atoms with E-state index in [4.69, 9.17) is 9.26 Å². The van der Waals surface area contributed by atoms with Crippen LogP contribution in [0, 0.1) is 6.92 Å². The Morgan fingerprint density at radius 1 is 1.16 bits per heavy atom. The van der Waals surface area contributed by atoms with Crippen molar-refractivity contribution in [3.05, 3.63) is 65.5 Å². The third-order valence-electron chi connectivity index (χ3n) is 3.72. The van der Waals surface area contributed by atoms with Crippen LogP contribution >= 0.6 is 0 Å². The maximum Gasteiger partial charge on any atom is 0.325 e. The fourth-order valence-corrected chi connectivity index (χ4v) is 2.54. The molecule has 1 heterocycles. The van der Waals surface area contributed by atoms with Gasteiger partial charge in [-0.3, -0.25) is 9.59 Å². The summed E-state index contributed by atoms with van der Waals surface area (Å²) in [5, 5.41) is 8.42. The number of rotatable bonds is 6. The number of aryl methyl sites for hydroxylation is 1. The Kier molecular flexibility index (Phi) is 5.09. The minimum Gasteiger partial charge on any atom is -0.458 e. The molecule has 128 valence electrons. The lowest BCUT2D eigenvalue weighted by Crippen LogP contribution is -2.31. The Hall–Kier alpha value is -3.15. The van der Waals surface area contributed by atoms with Crippen molar-refractivity contribution in [3.8, 4) is 0 Å². The van der Waals surface area contributed by atoms with Gasteiger partial charge >= 0.3 is 5.97 Å². The van der Waals surface area contributed by atoms with Gasteiger partial charge in [0.25, 0.3) is 0 Å². The van der Waals surface area contributed by atoms with Crippen LogP contribution in [-0.2, 0) is 27.4 Å². The Labute approximate surface area is 144 Å². The van der Waals surface area contributed by atoms with E-state index in [1.807, 2.05) is 42.5 Å². The highest BCUT2D eigenvalue weighted by Gasteiger charge is 2.10. The van der Waals surface area contributed by atoms with E-state index in [0.29, 0.717) is 11.5 Å². The standard InChI is InChI=1S/C19H18N2O4/c1-13-9-16(21-25-13)12-24-19(23)11-20-18(22)10-15-7-4-6-14-5-2-3-8-17(14)15/h2-9H,10-12H2,1H3,(H,20,22). The molecule has 6 nitrogen and oxygen atoms in total. The molecule has 0 aliphatic carbocycles. The van der Waals surface area contributed by atoms with Crippen LogP contribution in [0.15, 0.2) is 53.1 Å². The zero-order chi connectivity index (χ0) is 17.6. The van der Waals surface area contributed by atoms with Gasteiger partial charge in [0.15, 0.2) is 0 Å². The van der Waals surface area contributed by atoms with Gasteiger partial charge in [-0.25, -0.2) is 0 Å². The van der Waals surface area contributed by atoms with Gasteiger partial charge in [-0.15, -0.1) is 0 Å². The summed E-state index contributed by atoms with van der Waals surface area (Å²) in [5.41, 5.74) is 1.45. The molecule has 3 rings (SSSR count). The number of hydrogen-bond acceptors (Lipinski definition) is 5. The molecule has 1 aromatic heterocycles. The predicted octanol–water partition coefficient (Wildman–Crippen LogP) is 2.54. The largest absolute Gasteiger partial charge is 0.458 e. The van der Waals surface area contributed by atoms with Gasteiger partial charge in [0.2, 0.25) is 5.91 Å². The molecule has 0 radical (unpaired) electrons. The molecule has 0 atom stereocenters. The molecule has 0 fully saturated rings. The second kappa shape index (κ2) is 7.61. The predicted molar refractivity (Wildman–Crippen MR) is 91.7 cm³/mol. The summed E-state index contributed by atoms with van der Waals surface area (Å²) >= 11 is 0. The van der Waals surface area contributed by atoms with Gasteiger partial charge in [-0.2, -0.15) is 0 Å². The normalized spacial score (nSPS) is 10.6. The molecule has 1 amide bonds. The van der Waals surface area contributed by atoms with E-state index in [9.17, 15) is 9.59 Å². The quantitative estimate of drug-likeness (QED) is 0.699. The summed E-state index contributed by atoms with van der Waals surface area (Å²) in [4.78, 5) is 23.8. The van der Waals surface area contributed by atoms with Gasteiger partial charge in [-0.05, 0) is 23.3 Å². The minimum absolute atomic E-state index is 0.0232. The number of hydrogen-bond donors (Lipinski definition) is 1. The fraction of sp³-hybridized carbons (Fsp3) is 0.211. The Balaban J connectivity index is 1.49. The van der Waals surface area contributed by atoms with E-state index < -0.39 is 5.97 Å². The van der Waals surface area contributed by atoms with Crippen LogP contribution in [0.4, 0.5) is 0 Å². The first kappa shape index (κ1) is 16.7. The van der Waals surface area contributed by atoms with E-state index in [-0.39, 0.29) is 25.5 Å². The lowest BCUT2D eigenvalue weighted by atomic mass is 10.0. The number of benzene rings is 2. The summed E-state index contributed by atoms with van der Waals surface area (Å²) in [7, 11) is 0. The number of nitrogens with one attached hydrogen (secondary N) is 1. The molecule has 2 aromatic carbocycles. The number of nitrogens with zero attached hydrogens (tertiary/aromatic N) is 1. The van der Waals surface area contributed by atoms with E-state index in [1.54, 1.807) is 13.0 Å². The number of amides is 1. The zero-order valence-corrected chi connectivity index (χ0v) is 13.8. The van der Waals surface area contributed by atoms with E-state index in [1.165, 1.54) is 0 Å². The molecule has 3 aromatic rings. The fourth-order valence-electron chi connectivity index (χ4n) is 2.54. The smallest absolute Gasteiger partial charge is 0.325 e. The minimum atomic E-state index is -0.521. The van der Waals surface area contributed by atoms with E-state index in [0.717, 1.165) is 16.3 Å². The number of fused-ring (bicyclic) bond motifs is 1. The highest BCUT2D eigenvalue weighted by Crippen LogP contribution is 2.18. The summed E-state index contributed by atoms with van der Waals surface area (Å²) in [6.45, 7) is 1.60. The van der Waals surface area contributed by atoms with Crippen molar-refractivity contribution in [1.82, 2.24) is 10.5 Å². The lowest BCUT2D eigenvalue weighted by molar-refractivity contribution is -0.145. The monoisotopic (exact) mass is 338 g/mol. The highest BCUT2D eigenvalue weighted by atomic mass is 16.5. The average molecular weight is 338 g/mol. The number of aromatic nitrogens is 1. The molecule has 1 N–H and O–H groups in total. The number of carbonyl (C=O) groups is 2. The van der Waals surface area contributed by atoms with Crippen molar-refractivity contribution in [2.75, 3.05) is 6.54 Å². The van der Waals surface area contributed by atoms with Crippen LogP contribution < -0.4 is 5.32 Å². The van der Waals surface area contributed by atoms with Crippen molar-refractivity contribution < 1.29 is 18.8 Å². The highest BCUT2D eigenvalue weighted by molar-refractivity contribution is 5.91. The number of esters is 1. The van der Waals surface area contributed by atoms with E-state index in [2.05, 4.69) is 10.5 Å². The van der Waals surface area contributed by atoms with Gasteiger partial charge in [-0.1, -0.05) is 47.6 Å². The topological polar surface area (TPSA) is 81.4 Å². The molecule has 25 heavy (non-hydrogen) atoms. The number of carbonyl (C=O) groups excluding carboxylic acids is 2. The van der Waals surface area contributed by atoms with Crippen molar-refractivity contribution in [2.24, 2.45) is 0 Å². The van der Waals surface area contributed by atoms with Crippen LogP contribution in [0.3, 0.4) is 0 Å². The van der Waals surface area contributed by atoms with Crippen molar-refractivity contribution >= 4 is 22.6 Å². The van der Waals surface area contributed by atoms with E-state index >= 15 is 0 Å². The molecule has 0 saturated carbocycles. The SMILES string of the molecule is Cc1cc(COC(=O)CNC(=O)Cc2cccc3ccccc23)no1. The van der Waals surface area contributed by atoms with Gasteiger partial charge in [0.05, 0.1) is 6.42 Å². The zero-order valence-electron chi connectivity index (χ0n) is 13.8. The third-order valence-corrected chi connectivity index (χ3v) is 3.72. The molecule has 0 unspecified atom stereocenters. The van der Waals surface area contributed by atoms with Crippen LogP contribution in [0.2, 0.25) is 0 Å². The second-order valence-corrected chi connectivity index (χ2v) is 5.68. The molecule has 0 saturated heterocycles. The maximum atomic E-state index is 12.1.